The zero-order valence-electron chi connectivity index (χ0n) is 19.4. The van der Waals surface area contributed by atoms with Crippen LogP contribution >= 0.6 is 0 Å². The molecule has 1 aromatic heterocycles. The first kappa shape index (κ1) is 25.9. The molecule has 0 aliphatic rings. The fourth-order valence-corrected chi connectivity index (χ4v) is 2.70. The van der Waals surface area contributed by atoms with Crippen molar-refractivity contribution in [3.63, 3.8) is 0 Å². The van der Waals surface area contributed by atoms with Crippen LogP contribution in [0.4, 0.5) is 10.5 Å². The van der Waals surface area contributed by atoms with E-state index in [1.807, 2.05) is 51.1 Å². The second kappa shape index (κ2) is 12.6. The highest BCUT2D eigenvalue weighted by Crippen LogP contribution is 2.13. The van der Waals surface area contributed by atoms with Crippen LogP contribution in [0, 0.1) is 0 Å². The molecule has 7 nitrogen and oxygen atoms in total. The lowest BCUT2D eigenvalue weighted by Crippen LogP contribution is -2.38. The third-order valence-corrected chi connectivity index (χ3v) is 3.88. The summed E-state index contributed by atoms with van der Waals surface area (Å²) in [7, 11) is 0. The second-order valence-electron chi connectivity index (χ2n) is 7.60. The molecule has 0 fully saturated rings. The van der Waals surface area contributed by atoms with Gasteiger partial charge in [0.1, 0.15) is 24.4 Å². The van der Waals surface area contributed by atoms with E-state index in [0.29, 0.717) is 13.0 Å². The van der Waals surface area contributed by atoms with E-state index in [1.54, 1.807) is 32.9 Å². The van der Waals surface area contributed by atoms with E-state index in [4.69, 9.17) is 9.47 Å². The highest BCUT2D eigenvalue weighted by atomic mass is 16.6. The summed E-state index contributed by atoms with van der Waals surface area (Å²) in [6.45, 7) is 11.4. The molecule has 0 bridgehead atoms. The second-order valence-corrected chi connectivity index (χ2v) is 7.60. The lowest BCUT2D eigenvalue weighted by Gasteiger charge is -2.22. The van der Waals surface area contributed by atoms with Crippen LogP contribution in [-0.4, -0.2) is 28.8 Å². The third-order valence-electron chi connectivity index (χ3n) is 3.88. The van der Waals surface area contributed by atoms with Crippen molar-refractivity contribution in [1.29, 1.82) is 0 Å². The molecule has 0 spiro atoms. The van der Waals surface area contributed by atoms with Crippen molar-refractivity contribution in [3.8, 4) is 0 Å². The number of rotatable bonds is 7. The van der Waals surface area contributed by atoms with E-state index in [9.17, 15) is 14.4 Å². The number of pyridine rings is 1. The van der Waals surface area contributed by atoms with Crippen molar-refractivity contribution in [3.05, 3.63) is 64.6 Å². The van der Waals surface area contributed by atoms with Gasteiger partial charge >= 0.3 is 12.1 Å². The number of ether oxygens (including phenoxy) is 2. The molecule has 7 heteroatoms. The average molecular weight is 431 g/mol. The summed E-state index contributed by atoms with van der Waals surface area (Å²) < 4.78 is 11.9. The molecule has 0 unspecified atom stereocenters. The molecule has 1 amide bonds. The van der Waals surface area contributed by atoms with Crippen molar-refractivity contribution >= 4 is 17.7 Å². The first-order valence-corrected chi connectivity index (χ1v) is 10.6. The first-order valence-electron chi connectivity index (χ1n) is 10.6. The molecule has 31 heavy (non-hydrogen) atoms. The minimum absolute atomic E-state index is 0.110. The van der Waals surface area contributed by atoms with E-state index in [2.05, 4.69) is 0 Å². The number of anilines is 1. The van der Waals surface area contributed by atoms with E-state index in [0.717, 1.165) is 5.56 Å². The van der Waals surface area contributed by atoms with Gasteiger partial charge in [-0.05, 0) is 44.9 Å². The number of amides is 1. The number of benzene rings is 1. The maximum atomic E-state index is 12.9. The van der Waals surface area contributed by atoms with Gasteiger partial charge in [-0.1, -0.05) is 51.1 Å². The molecule has 170 valence electrons. The number of aromatic nitrogens is 1. The Labute approximate surface area is 184 Å². The van der Waals surface area contributed by atoms with Gasteiger partial charge in [0, 0.05) is 12.7 Å². The summed E-state index contributed by atoms with van der Waals surface area (Å²) in [5.74, 6) is -0.523. The van der Waals surface area contributed by atoms with Gasteiger partial charge in [-0.3, -0.25) is 14.5 Å². The highest BCUT2D eigenvalue weighted by molar-refractivity contribution is 5.87. The van der Waals surface area contributed by atoms with Gasteiger partial charge in [0.15, 0.2) is 0 Å². The SMILES string of the molecule is CC.CCCN(C(=O)OCc1ccccc1)c1cccn(CC(=O)OC(C)(C)C)c1=O. The van der Waals surface area contributed by atoms with Gasteiger partial charge in [-0.25, -0.2) is 4.79 Å². The Kier molecular flexibility index (Phi) is 10.5. The number of nitrogens with zero attached hydrogens (tertiary/aromatic N) is 2. The summed E-state index contributed by atoms with van der Waals surface area (Å²) in [6, 6.07) is 12.5. The normalized spacial score (nSPS) is 10.5. The molecule has 1 aromatic carbocycles. The minimum Gasteiger partial charge on any atom is -0.459 e. The maximum Gasteiger partial charge on any atom is 0.414 e. The predicted molar refractivity (Wildman–Crippen MR) is 122 cm³/mol. The Balaban J connectivity index is 0.00000233. The number of carbonyl (C=O) groups excluding carboxylic acids is 2. The van der Waals surface area contributed by atoms with Crippen molar-refractivity contribution in [2.24, 2.45) is 0 Å². The molecule has 2 rings (SSSR count). The molecule has 0 radical (unpaired) electrons. The standard InChI is InChI=1S/C22H28N2O5.C2H6/c1-5-13-24(21(27)28-16-17-10-7-6-8-11-17)18-12-9-14-23(20(18)26)15-19(25)29-22(2,3)4;1-2/h6-12,14H,5,13,15-16H2,1-4H3;1-2H3. The van der Waals surface area contributed by atoms with Gasteiger partial charge in [0.25, 0.3) is 5.56 Å². The smallest absolute Gasteiger partial charge is 0.414 e. The fourth-order valence-electron chi connectivity index (χ4n) is 2.70. The molecule has 0 saturated carbocycles. The summed E-state index contributed by atoms with van der Waals surface area (Å²) in [4.78, 5) is 38.9. The number of carbonyl (C=O) groups is 2. The Morgan fingerprint density at radius 3 is 2.26 bits per heavy atom. The molecular weight excluding hydrogens is 396 g/mol. The van der Waals surface area contributed by atoms with Crippen molar-refractivity contribution in [2.75, 3.05) is 11.4 Å². The van der Waals surface area contributed by atoms with Gasteiger partial charge in [-0.15, -0.1) is 0 Å². The average Bonchev–Trinajstić information content (AvgIpc) is 2.73. The van der Waals surface area contributed by atoms with Crippen molar-refractivity contribution in [2.45, 2.75) is 66.7 Å². The zero-order chi connectivity index (χ0) is 23.4. The minimum atomic E-state index is -0.645. The van der Waals surface area contributed by atoms with Crippen LogP contribution in [0.1, 0.15) is 53.5 Å². The molecule has 0 saturated heterocycles. The van der Waals surface area contributed by atoms with Crippen LogP contribution in [0.25, 0.3) is 0 Å². The maximum absolute atomic E-state index is 12.9. The van der Waals surface area contributed by atoms with E-state index in [1.165, 1.54) is 15.7 Å². The molecule has 0 atom stereocenters. The number of esters is 1. The Morgan fingerprint density at radius 1 is 1.03 bits per heavy atom. The van der Waals surface area contributed by atoms with Crippen LogP contribution in [0.2, 0.25) is 0 Å². The molecule has 1 heterocycles. The van der Waals surface area contributed by atoms with Gasteiger partial charge in [-0.2, -0.15) is 0 Å². The highest BCUT2D eigenvalue weighted by Gasteiger charge is 2.22. The largest absolute Gasteiger partial charge is 0.459 e. The monoisotopic (exact) mass is 430 g/mol. The summed E-state index contributed by atoms with van der Waals surface area (Å²) in [5, 5.41) is 0. The Bertz CT molecular complexity index is 885. The van der Waals surface area contributed by atoms with Crippen LogP contribution < -0.4 is 10.5 Å². The summed E-state index contributed by atoms with van der Waals surface area (Å²) in [6.07, 6.45) is 1.53. The van der Waals surface area contributed by atoms with Crippen LogP contribution in [-0.2, 0) is 27.4 Å². The predicted octanol–water partition coefficient (Wildman–Crippen LogP) is 4.77. The van der Waals surface area contributed by atoms with Crippen LogP contribution in [0.15, 0.2) is 53.5 Å². The van der Waals surface area contributed by atoms with Crippen molar-refractivity contribution in [1.82, 2.24) is 4.57 Å². The van der Waals surface area contributed by atoms with E-state index < -0.39 is 23.2 Å². The summed E-state index contributed by atoms with van der Waals surface area (Å²) in [5.41, 5.74) is -0.0829. The number of hydrogen-bond acceptors (Lipinski definition) is 5. The van der Waals surface area contributed by atoms with Crippen molar-refractivity contribution < 1.29 is 19.1 Å². The number of hydrogen-bond donors (Lipinski definition) is 0. The third kappa shape index (κ3) is 8.66. The van der Waals surface area contributed by atoms with E-state index in [-0.39, 0.29) is 18.8 Å². The van der Waals surface area contributed by atoms with Gasteiger partial charge < -0.3 is 14.0 Å². The van der Waals surface area contributed by atoms with Gasteiger partial charge in [0.05, 0.1) is 0 Å². The first-order chi connectivity index (χ1) is 14.7. The summed E-state index contributed by atoms with van der Waals surface area (Å²) >= 11 is 0. The topological polar surface area (TPSA) is 77.8 Å². The van der Waals surface area contributed by atoms with E-state index >= 15 is 0 Å². The van der Waals surface area contributed by atoms with Crippen LogP contribution in [0.5, 0.6) is 0 Å². The zero-order valence-corrected chi connectivity index (χ0v) is 19.4. The molecule has 2 aromatic rings. The quantitative estimate of drug-likeness (QED) is 0.591. The molecular formula is C24H34N2O5. The Morgan fingerprint density at radius 2 is 1.68 bits per heavy atom. The molecule has 0 aliphatic carbocycles. The Hall–Kier alpha value is -3.09. The molecule has 0 aliphatic heterocycles. The lowest BCUT2D eigenvalue weighted by molar-refractivity contribution is -0.155. The lowest BCUT2D eigenvalue weighted by atomic mass is 10.2. The van der Waals surface area contributed by atoms with Crippen LogP contribution in [0.3, 0.4) is 0 Å². The fraction of sp³-hybridized carbons (Fsp3) is 0.458. The van der Waals surface area contributed by atoms with Gasteiger partial charge in [0.2, 0.25) is 0 Å². The molecule has 0 N–H and O–H groups in total.